The van der Waals surface area contributed by atoms with Crippen LogP contribution in [0.5, 0.6) is 0 Å². The first-order chi connectivity index (χ1) is 5.95. The summed E-state index contributed by atoms with van der Waals surface area (Å²) >= 11 is 0. The van der Waals surface area contributed by atoms with Crippen molar-refractivity contribution in [3.05, 3.63) is 41.9 Å². The Bertz CT molecular complexity index is 276. The summed E-state index contributed by atoms with van der Waals surface area (Å²) in [6.45, 7) is 1.49. The second-order valence-corrected chi connectivity index (χ2v) is 2.70. The van der Waals surface area contributed by atoms with Crippen LogP contribution in [0.25, 0.3) is 0 Å². The second kappa shape index (κ2) is 3.44. The van der Waals surface area contributed by atoms with Crippen molar-refractivity contribution in [2.45, 2.75) is 6.10 Å². The zero-order valence-corrected chi connectivity index (χ0v) is 6.69. The number of hydrogen-bond donors (Lipinski definition) is 0. The minimum absolute atomic E-state index is 0.315. The smallest absolute Gasteiger partial charge is 0.127 e. The quantitative estimate of drug-likeness (QED) is 0.464. The molecule has 1 aliphatic heterocycles. The summed E-state index contributed by atoms with van der Waals surface area (Å²) in [5.41, 5.74) is 2.97. The molecule has 2 nitrogen and oxygen atoms in total. The van der Waals surface area contributed by atoms with Gasteiger partial charge < -0.3 is 9.47 Å². The van der Waals surface area contributed by atoms with Crippen molar-refractivity contribution in [3.8, 4) is 0 Å². The van der Waals surface area contributed by atoms with Crippen LogP contribution in [0.2, 0.25) is 0 Å². The van der Waals surface area contributed by atoms with E-state index in [0.29, 0.717) is 12.7 Å². The molecule has 62 valence electrons. The summed E-state index contributed by atoms with van der Waals surface area (Å²) in [7, 11) is 0. The van der Waals surface area contributed by atoms with Gasteiger partial charge in [-0.1, -0.05) is 12.2 Å². The first kappa shape index (κ1) is 7.41. The fraction of sp³-hybridized carbons (Fsp3) is 0.300. The first-order valence-electron chi connectivity index (χ1n) is 3.99. The van der Waals surface area contributed by atoms with E-state index in [1.165, 1.54) is 0 Å². The van der Waals surface area contributed by atoms with Gasteiger partial charge in [-0.05, 0) is 12.2 Å². The van der Waals surface area contributed by atoms with Crippen LogP contribution in [0.1, 0.15) is 0 Å². The van der Waals surface area contributed by atoms with E-state index < -0.39 is 0 Å². The van der Waals surface area contributed by atoms with Crippen molar-refractivity contribution in [2.24, 2.45) is 0 Å². The third kappa shape index (κ3) is 2.12. The Labute approximate surface area is 71.5 Å². The Kier molecular flexibility index (Phi) is 2.12. The van der Waals surface area contributed by atoms with Gasteiger partial charge in [0.05, 0.1) is 6.61 Å². The Hall–Kier alpha value is -1.24. The molecule has 1 heterocycles. The molecular weight excluding hydrogens is 152 g/mol. The second-order valence-electron chi connectivity index (χ2n) is 2.70. The Morgan fingerprint density at radius 3 is 3.33 bits per heavy atom. The fourth-order valence-electron chi connectivity index (χ4n) is 0.883. The number of epoxide rings is 1. The van der Waals surface area contributed by atoms with Crippen molar-refractivity contribution in [3.63, 3.8) is 0 Å². The van der Waals surface area contributed by atoms with E-state index in [-0.39, 0.29) is 0 Å². The monoisotopic (exact) mass is 162 g/mol. The first-order valence-corrected chi connectivity index (χ1v) is 3.99. The van der Waals surface area contributed by atoms with Gasteiger partial charge in [0.15, 0.2) is 0 Å². The van der Waals surface area contributed by atoms with Gasteiger partial charge in [0.2, 0.25) is 0 Å². The maximum absolute atomic E-state index is 5.43. The van der Waals surface area contributed by atoms with Gasteiger partial charge in [0, 0.05) is 6.08 Å². The van der Waals surface area contributed by atoms with E-state index in [4.69, 9.17) is 9.47 Å². The molecule has 0 spiro atoms. The van der Waals surface area contributed by atoms with Crippen LogP contribution in [0, 0.1) is 0 Å². The lowest BCUT2D eigenvalue weighted by Gasteiger charge is -2.01. The molecule has 2 heteroatoms. The molecule has 1 aliphatic carbocycles. The molecule has 0 aromatic rings. The third-order valence-electron chi connectivity index (χ3n) is 1.63. The van der Waals surface area contributed by atoms with Gasteiger partial charge in [-0.25, -0.2) is 0 Å². The summed E-state index contributed by atoms with van der Waals surface area (Å²) in [4.78, 5) is 0. The lowest BCUT2D eigenvalue weighted by Crippen LogP contribution is -1.99. The molecule has 2 rings (SSSR count). The maximum Gasteiger partial charge on any atom is 0.127 e. The van der Waals surface area contributed by atoms with Crippen molar-refractivity contribution < 1.29 is 9.47 Å². The van der Waals surface area contributed by atoms with Crippen LogP contribution in [-0.4, -0.2) is 19.3 Å². The van der Waals surface area contributed by atoms with E-state index in [9.17, 15) is 0 Å². The lowest BCUT2D eigenvalue weighted by molar-refractivity contribution is 0.193. The summed E-state index contributed by atoms with van der Waals surface area (Å²) in [6.07, 6.45) is 9.75. The average molecular weight is 162 g/mol. The highest BCUT2D eigenvalue weighted by atomic mass is 16.6. The minimum atomic E-state index is 0.315. The average Bonchev–Trinajstić information content (AvgIpc) is 2.90. The van der Waals surface area contributed by atoms with E-state index in [1.807, 2.05) is 30.4 Å². The molecule has 1 fully saturated rings. The molecule has 0 saturated carbocycles. The normalized spacial score (nSPS) is 25.0. The van der Waals surface area contributed by atoms with E-state index >= 15 is 0 Å². The standard InChI is InChI=1S/C10H10O2/c1-2-4-6-9(5-3-1)11-7-10-8-12-10/h1-3,5-6,10H,7-8H2. The molecule has 0 aromatic heterocycles. The maximum atomic E-state index is 5.43. The topological polar surface area (TPSA) is 21.8 Å². The van der Waals surface area contributed by atoms with Gasteiger partial charge in [0.25, 0.3) is 0 Å². The molecule has 0 aromatic carbocycles. The lowest BCUT2D eigenvalue weighted by atomic mass is 10.4. The zero-order valence-electron chi connectivity index (χ0n) is 6.69. The van der Waals surface area contributed by atoms with E-state index in [1.54, 1.807) is 0 Å². The van der Waals surface area contributed by atoms with Gasteiger partial charge in [-0.3, -0.25) is 0 Å². The zero-order chi connectivity index (χ0) is 8.23. The molecule has 1 atom stereocenters. The minimum Gasteiger partial charge on any atom is -0.490 e. The number of allylic oxidation sites excluding steroid dienone is 4. The summed E-state index contributed by atoms with van der Waals surface area (Å²) in [5, 5.41) is 0. The van der Waals surface area contributed by atoms with Crippen LogP contribution in [0.15, 0.2) is 41.9 Å². The van der Waals surface area contributed by atoms with Crippen LogP contribution in [-0.2, 0) is 9.47 Å². The molecule has 0 bridgehead atoms. The molecule has 0 radical (unpaired) electrons. The van der Waals surface area contributed by atoms with Crippen molar-refractivity contribution in [1.29, 1.82) is 0 Å². The fourth-order valence-corrected chi connectivity index (χ4v) is 0.883. The molecular formula is C10H10O2. The van der Waals surface area contributed by atoms with Gasteiger partial charge in [-0.15, -0.1) is 5.73 Å². The number of hydrogen-bond acceptors (Lipinski definition) is 2. The Morgan fingerprint density at radius 1 is 1.58 bits per heavy atom. The van der Waals surface area contributed by atoms with E-state index in [0.717, 1.165) is 12.4 Å². The molecule has 12 heavy (non-hydrogen) atoms. The van der Waals surface area contributed by atoms with Crippen molar-refractivity contribution >= 4 is 0 Å². The van der Waals surface area contributed by atoms with Gasteiger partial charge in [-0.2, -0.15) is 0 Å². The highest BCUT2D eigenvalue weighted by molar-refractivity contribution is 5.24. The Morgan fingerprint density at radius 2 is 2.50 bits per heavy atom. The SMILES string of the molecule is C1=CC=CC=C(OCC2CO2)C=1. The van der Waals surface area contributed by atoms with Crippen molar-refractivity contribution in [1.82, 2.24) is 0 Å². The van der Waals surface area contributed by atoms with Gasteiger partial charge >= 0.3 is 0 Å². The number of ether oxygens (including phenoxy) is 2. The van der Waals surface area contributed by atoms with Crippen LogP contribution in [0.3, 0.4) is 0 Å². The van der Waals surface area contributed by atoms with Gasteiger partial charge in [0.1, 0.15) is 18.5 Å². The predicted molar refractivity (Wildman–Crippen MR) is 45.6 cm³/mol. The Balaban J connectivity index is 1.88. The predicted octanol–water partition coefficient (Wildman–Crippen LogP) is 1.57. The highest BCUT2D eigenvalue weighted by Crippen LogP contribution is 2.12. The molecule has 0 amide bonds. The third-order valence-corrected chi connectivity index (χ3v) is 1.63. The molecule has 1 unspecified atom stereocenters. The van der Waals surface area contributed by atoms with Crippen LogP contribution in [0.4, 0.5) is 0 Å². The van der Waals surface area contributed by atoms with Crippen LogP contribution < -0.4 is 0 Å². The summed E-state index contributed by atoms with van der Waals surface area (Å²) < 4.78 is 10.5. The van der Waals surface area contributed by atoms with Crippen LogP contribution >= 0.6 is 0 Å². The summed E-state index contributed by atoms with van der Waals surface area (Å²) in [6, 6.07) is 0. The molecule has 0 N–H and O–H groups in total. The van der Waals surface area contributed by atoms with Crippen molar-refractivity contribution in [2.75, 3.05) is 13.2 Å². The number of rotatable bonds is 3. The molecule has 1 saturated heterocycles. The highest BCUT2D eigenvalue weighted by Gasteiger charge is 2.22. The largest absolute Gasteiger partial charge is 0.490 e. The van der Waals surface area contributed by atoms with E-state index in [2.05, 4.69) is 5.73 Å². The summed E-state index contributed by atoms with van der Waals surface area (Å²) in [5.74, 6) is 0.843. The molecule has 2 aliphatic rings.